The lowest BCUT2D eigenvalue weighted by Gasteiger charge is -2.06. The molecule has 0 unspecified atom stereocenters. The molecule has 0 amide bonds. The second-order valence-electron chi connectivity index (χ2n) is 4.10. The van der Waals surface area contributed by atoms with Gasteiger partial charge in [-0.15, -0.1) is 0 Å². The van der Waals surface area contributed by atoms with Crippen molar-refractivity contribution in [3.05, 3.63) is 47.9 Å². The minimum absolute atomic E-state index is 0.0769. The summed E-state index contributed by atoms with van der Waals surface area (Å²) in [6.45, 7) is 0.0769. The average molecular weight is 311 g/mol. The second kappa shape index (κ2) is 6.12. The standard InChI is InChI=1S/C12H13N3O3S2/c13-12(19)7-9-1-3-11(4-2-9)20(16,17)14-8-10-5-6-18-15-10/h1-6,14H,7-8H2,(H2,13,19). The van der Waals surface area contributed by atoms with E-state index >= 15 is 0 Å². The van der Waals surface area contributed by atoms with Crippen LogP contribution in [0.1, 0.15) is 11.3 Å². The number of aromatic nitrogens is 1. The number of thiocarbonyl (C=S) groups is 1. The van der Waals surface area contributed by atoms with Gasteiger partial charge in [-0.25, -0.2) is 13.1 Å². The van der Waals surface area contributed by atoms with Crippen molar-refractivity contribution in [2.75, 3.05) is 0 Å². The predicted octanol–water partition coefficient (Wildman–Crippen LogP) is 0.982. The highest BCUT2D eigenvalue weighted by Gasteiger charge is 2.14. The van der Waals surface area contributed by atoms with Crippen molar-refractivity contribution in [1.82, 2.24) is 9.88 Å². The van der Waals surface area contributed by atoms with Crippen LogP contribution in [-0.4, -0.2) is 18.6 Å². The maximum atomic E-state index is 12.0. The molecule has 0 aliphatic heterocycles. The van der Waals surface area contributed by atoms with Crippen LogP contribution < -0.4 is 10.5 Å². The third-order valence-corrected chi connectivity index (χ3v) is 4.11. The van der Waals surface area contributed by atoms with Crippen molar-refractivity contribution in [2.45, 2.75) is 17.9 Å². The van der Waals surface area contributed by atoms with Crippen LogP contribution in [0.25, 0.3) is 0 Å². The van der Waals surface area contributed by atoms with Gasteiger partial charge in [0.1, 0.15) is 6.26 Å². The van der Waals surface area contributed by atoms with Crippen molar-refractivity contribution in [3.63, 3.8) is 0 Å². The molecule has 2 aromatic rings. The van der Waals surface area contributed by atoms with E-state index in [2.05, 4.69) is 14.4 Å². The molecule has 0 bridgehead atoms. The quantitative estimate of drug-likeness (QED) is 0.772. The summed E-state index contributed by atoms with van der Waals surface area (Å²) >= 11 is 4.80. The number of nitrogens with one attached hydrogen (secondary N) is 1. The maximum absolute atomic E-state index is 12.0. The number of nitrogens with zero attached hydrogens (tertiary/aromatic N) is 1. The van der Waals surface area contributed by atoms with E-state index in [0.29, 0.717) is 17.1 Å². The van der Waals surface area contributed by atoms with Crippen molar-refractivity contribution in [1.29, 1.82) is 0 Å². The molecular formula is C12H13N3O3S2. The molecule has 0 aliphatic carbocycles. The number of benzene rings is 1. The van der Waals surface area contributed by atoms with Gasteiger partial charge in [0.25, 0.3) is 0 Å². The van der Waals surface area contributed by atoms with E-state index < -0.39 is 10.0 Å². The lowest BCUT2D eigenvalue weighted by atomic mass is 10.1. The molecule has 0 radical (unpaired) electrons. The van der Waals surface area contributed by atoms with Crippen molar-refractivity contribution >= 4 is 27.2 Å². The first-order valence-electron chi connectivity index (χ1n) is 5.73. The summed E-state index contributed by atoms with van der Waals surface area (Å²) in [6, 6.07) is 7.99. The maximum Gasteiger partial charge on any atom is 0.240 e. The minimum Gasteiger partial charge on any atom is -0.393 e. The molecule has 0 saturated heterocycles. The molecule has 2 rings (SSSR count). The first-order chi connectivity index (χ1) is 9.47. The lowest BCUT2D eigenvalue weighted by molar-refractivity contribution is 0.411. The third-order valence-electron chi connectivity index (χ3n) is 2.55. The van der Waals surface area contributed by atoms with Crippen molar-refractivity contribution in [3.8, 4) is 0 Å². The topological polar surface area (TPSA) is 98.2 Å². The number of nitrogens with two attached hydrogens (primary N) is 1. The Hall–Kier alpha value is -1.77. The van der Waals surface area contributed by atoms with Gasteiger partial charge in [-0.1, -0.05) is 29.5 Å². The zero-order valence-corrected chi connectivity index (χ0v) is 12.1. The SMILES string of the molecule is NC(=S)Cc1ccc(S(=O)(=O)NCc2ccon2)cc1. The van der Waals surface area contributed by atoms with E-state index in [1.54, 1.807) is 18.2 Å². The lowest BCUT2D eigenvalue weighted by Crippen LogP contribution is -2.23. The van der Waals surface area contributed by atoms with Gasteiger partial charge >= 0.3 is 0 Å². The summed E-state index contributed by atoms with van der Waals surface area (Å²) in [5.74, 6) is 0. The first kappa shape index (κ1) is 14.6. The van der Waals surface area contributed by atoms with Crippen LogP contribution >= 0.6 is 12.2 Å². The summed E-state index contributed by atoms with van der Waals surface area (Å²) in [4.78, 5) is 0.539. The molecule has 3 N–H and O–H groups in total. The molecule has 0 saturated carbocycles. The number of hydrogen-bond acceptors (Lipinski definition) is 5. The molecule has 6 nitrogen and oxygen atoms in total. The van der Waals surface area contributed by atoms with Gasteiger partial charge in [-0.3, -0.25) is 0 Å². The van der Waals surface area contributed by atoms with Crippen LogP contribution in [0, 0.1) is 0 Å². The fourth-order valence-corrected chi connectivity index (χ4v) is 2.73. The molecule has 20 heavy (non-hydrogen) atoms. The Morgan fingerprint density at radius 1 is 1.30 bits per heavy atom. The van der Waals surface area contributed by atoms with E-state index in [1.165, 1.54) is 18.4 Å². The zero-order chi connectivity index (χ0) is 14.6. The molecule has 0 atom stereocenters. The summed E-state index contributed by atoms with van der Waals surface area (Å²) in [7, 11) is -3.58. The Labute approximate surface area is 122 Å². The molecule has 0 spiro atoms. The van der Waals surface area contributed by atoms with Gasteiger partial charge in [0.15, 0.2) is 0 Å². The largest absolute Gasteiger partial charge is 0.393 e. The number of sulfonamides is 1. The van der Waals surface area contributed by atoms with Gasteiger partial charge in [0, 0.05) is 12.5 Å². The summed E-state index contributed by atoms with van der Waals surface area (Å²) in [6.07, 6.45) is 1.83. The highest BCUT2D eigenvalue weighted by atomic mass is 32.2. The molecule has 1 aromatic carbocycles. The van der Waals surface area contributed by atoms with Gasteiger partial charge in [0.2, 0.25) is 10.0 Å². The summed E-state index contributed by atoms with van der Waals surface area (Å²) < 4.78 is 31.1. The highest BCUT2D eigenvalue weighted by molar-refractivity contribution is 7.89. The van der Waals surface area contributed by atoms with Crippen LogP contribution in [0.5, 0.6) is 0 Å². The fourth-order valence-electron chi connectivity index (χ4n) is 1.57. The van der Waals surface area contributed by atoms with E-state index in [9.17, 15) is 8.42 Å². The smallest absolute Gasteiger partial charge is 0.240 e. The summed E-state index contributed by atoms with van der Waals surface area (Å²) in [5, 5.41) is 3.63. The molecule has 0 aliphatic rings. The fraction of sp³-hybridized carbons (Fsp3) is 0.167. The van der Waals surface area contributed by atoms with E-state index in [-0.39, 0.29) is 11.4 Å². The second-order valence-corrected chi connectivity index (χ2v) is 6.39. The Kier molecular flexibility index (Phi) is 4.48. The predicted molar refractivity (Wildman–Crippen MR) is 77.5 cm³/mol. The Morgan fingerprint density at radius 2 is 2.00 bits per heavy atom. The number of hydrogen-bond donors (Lipinski definition) is 2. The monoisotopic (exact) mass is 311 g/mol. The van der Waals surface area contributed by atoms with E-state index in [1.807, 2.05) is 0 Å². The van der Waals surface area contributed by atoms with Crippen LogP contribution in [0.2, 0.25) is 0 Å². The normalized spacial score (nSPS) is 11.4. The number of rotatable bonds is 6. The van der Waals surface area contributed by atoms with Crippen LogP contribution in [-0.2, 0) is 23.0 Å². The van der Waals surface area contributed by atoms with E-state index in [0.717, 1.165) is 5.56 Å². The first-order valence-corrected chi connectivity index (χ1v) is 7.63. The van der Waals surface area contributed by atoms with E-state index in [4.69, 9.17) is 18.0 Å². The van der Waals surface area contributed by atoms with Gasteiger partial charge < -0.3 is 10.3 Å². The summed E-state index contributed by atoms with van der Waals surface area (Å²) in [5.41, 5.74) is 6.82. The van der Waals surface area contributed by atoms with Crippen molar-refractivity contribution < 1.29 is 12.9 Å². The Morgan fingerprint density at radius 3 is 2.55 bits per heavy atom. The molecule has 106 valence electrons. The average Bonchev–Trinajstić information content (AvgIpc) is 2.89. The Bertz CT molecular complexity index is 679. The third kappa shape index (κ3) is 3.86. The highest BCUT2D eigenvalue weighted by Crippen LogP contribution is 2.11. The van der Waals surface area contributed by atoms with Crippen molar-refractivity contribution in [2.24, 2.45) is 5.73 Å². The molecule has 8 heteroatoms. The minimum atomic E-state index is -3.58. The van der Waals surface area contributed by atoms with Crippen LogP contribution in [0.4, 0.5) is 0 Å². The van der Waals surface area contributed by atoms with Crippen LogP contribution in [0.3, 0.4) is 0 Å². The van der Waals surface area contributed by atoms with Crippen LogP contribution in [0.15, 0.2) is 46.0 Å². The molecule has 0 fully saturated rings. The van der Waals surface area contributed by atoms with Gasteiger partial charge in [-0.05, 0) is 17.7 Å². The molecule has 1 heterocycles. The van der Waals surface area contributed by atoms with Gasteiger partial charge in [0.05, 0.1) is 22.1 Å². The molecule has 1 aromatic heterocycles. The Balaban J connectivity index is 2.07. The van der Waals surface area contributed by atoms with Gasteiger partial charge in [-0.2, -0.15) is 0 Å². The molecular weight excluding hydrogens is 298 g/mol. The zero-order valence-electron chi connectivity index (χ0n) is 10.4.